The molecule has 0 saturated carbocycles. The number of amides is 3. The summed E-state index contributed by atoms with van der Waals surface area (Å²) in [5.74, 6) is -0.973. The van der Waals surface area contributed by atoms with E-state index in [9.17, 15) is 14.4 Å². The third-order valence-corrected chi connectivity index (χ3v) is 6.72. The summed E-state index contributed by atoms with van der Waals surface area (Å²) in [6.45, 7) is 6.88. The van der Waals surface area contributed by atoms with E-state index in [1.807, 2.05) is 45.1 Å². The number of likely N-dealkylation sites (tertiary alicyclic amines) is 1. The molecule has 1 saturated heterocycles. The van der Waals surface area contributed by atoms with Crippen molar-refractivity contribution < 1.29 is 14.4 Å². The quantitative estimate of drug-likeness (QED) is 0.490. The number of rotatable bonds is 7. The van der Waals surface area contributed by atoms with Gasteiger partial charge in [0, 0.05) is 11.4 Å². The summed E-state index contributed by atoms with van der Waals surface area (Å²) in [6, 6.07) is 2.99. The van der Waals surface area contributed by atoms with E-state index in [1.54, 1.807) is 4.90 Å². The molecule has 0 bridgehead atoms. The number of carbonyl (C=O) groups excluding carboxylic acids is 3. The van der Waals surface area contributed by atoms with Gasteiger partial charge in [0.1, 0.15) is 6.04 Å². The molecule has 0 spiro atoms. The first-order valence-corrected chi connectivity index (χ1v) is 11.1. The summed E-state index contributed by atoms with van der Waals surface area (Å²) in [5.41, 5.74) is 0. The molecule has 152 valence electrons. The number of hydrogen-bond acceptors (Lipinski definition) is 4. The zero-order chi connectivity index (χ0) is 20.4. The number of nitrogens with zero attached hydrogens (tertiary/aromatic N) is 2. The monoisotopic (exact) mass is 422 g/mol. The number of thiophene rings is 1. The van der Waals surface area contributed by atoms with Crippen LogP contribution in [-0.2, 0) is 20.9 Å². The number of allylic oxidation sites excluding steroid dienone is 2. The molecule has 7 heteroatoms. The summed E-state index contributed by atoms with van der Waals surface area (Å²) in [6.07, 6.45) is 5.58. The number of hydrogen-bond donors (Lipinski definition) is 0. The van der Waals surface area contributed by atoms with Crippen LogP contribution < -0.4 is 0 Å². The van der Waals surface area contributed by atoms with E-state index in [-0.39, 0.29) is 35.5 Å². The Morgan fingerprint density at radius 3 is 2.29 bits per heavy atom. The van der Waals surface area contributed by atoms with Crippen LogP contribution in [-0.4, -0.2) is 40.1 Å². The maximum Gasteiger partial charge on any atom is 0.246 e. The molecular formula is C21H27ClN2O3S. The van der Waals surface area contributed by atoms with Crippen molar-refractivity contribution in [3.05, 3.63) is 33.5 Å². The molecule has 5 nitrogen and oxygen atoms in total. The van der Waals surface area contributed by atoms with Gasteiger partial charge in [-0.2, -0.15) is 0 Å². The standard InChI is InChI=1S/C21H27ClN2O3S/c1-4-23(12-14-9-10-18(22)28-14)21(27)17(11-13(2)3)24-19(25)15-7-5-6-8-16(15)20(24)26/h5-6,9-10,13,15-17H,4,7-8,11-12H2,1-3H3/t15-,16-,17+/m1/s1. The lowest BCUT2D eigenvalue weighted by molar-refractivity contribution is -0.152. The number of imide groups is 1. The normalized spacial score (nSPS) is 22.7. The number of likely N-dealkylation sites (N-methyl/N-ethyl adjacent to an activating group) is 1. The summed E-state index contributed by atoms with van der Waals surface area (Å²) in [5, 5.41) is 0. The van der Waals surface area contributed by atoms with Gasteiger partial charge in [-0.05, 0) is 44.2 Å². The molecule has 0 aromatic carbocycles. The second-order valence-corrected chi connectivity index (χ2v) is 9.71. The summed E-state index contributed by atoms with van der Waals surface area (Å²) < 4.78 is 0.679. The number of halogens is 1. The van der Waals surface area contributed by atoms with Crippen LogP contribution in [0.1, 0.15) is 44.9 Å². The zero-order valence-electron chi connectivity index (χ0n) is 16.6. The second kappa shape index (κ2) is 8.78. The largest absolute Gasteiger partial charge is 0.336 e. The van der Waals surface area contributed by atoms with Gasteiger partial charge < -0.3 is 4.90 Å². The van der Waals surface area contributed by atoms with Gasteiger partial charge in [0.2, 0.25) is 17.7 Å². The molecule has 1 aliphatic carbocycles. The first kappa shape index (κ1) is 21.1. The minimum atomic E-state index is -0.735. The first-order chi connectivity index (χ1) is 13.3. The summed E-state index contributed by atoms with van der Waals surface area (Å²) in [7, 11) is 0. The number of fused-ring (bicyclic) bond motifs is 1. The highest BCUT2D eigenvalue weighted by Gasteiger charge is 2.51. The SMILES string of the molecule is CCN(Cc1ccc(Cl)s1)C(=O)[C@H](CC(C)C)N1C(=O)[C@@H]2CC=CC[C@H]2C1=O. The highest BCUT2D eigenvalue weighted by atomic mass is 35.5. The van der Waals surface area contributed by atoms with Crippen LogP contribution in [0.5, 0.6) is 0 Å². The molecule has 2 aliphatic rings. The van der Waals surface area contributed by atoms with Crippen molar-refractivity contribution in [2.45, 2.75) is 52.6 Å². The molecule has 0 unspecified atom stereocenters. The van der Waals surface area contributed by atoms with E-state index < -0.39 is 6.04 Å². The molecule has 0 radical (unpaired) electrons. The van der Waals surface area contributed by atoms with Crippen LogP contribution >= 0.6 is 22.9 Å². The molecule has 1 fully saturated rings. The molecule has 1 aliphatic heterocycles. The van der Waals surface area contributed by atoms with E-state index in [4.69, 9.17) is 11.6 Å². The Balaban J connectivity index is 1.85. The zero-order valence-corrected chi connectivity index (χ0v) is 18.1. The molecule has 0 N–H and O–H groups in total. The van der Waals surface area contributed by atoms with Gasteiger partial charge in [0.05, 0.1) is 22.7 Å². The Kier molecular flexibility index (Phi) is 6.61. The van der Waals surface area contributed by atoms with E-state index in [2.05, 4.69) is 0 Å². The lowest BCUT2D eigenvalue weighted by atomic mass is 9.85. The smallest absolute Gasteiger partial charge is 0.246 e. The minimum Gasteiger partial charge on any atom is -0.336 e. The fraction of sp³-hybridized carbons (Fsp3) is 0.571. The lowest BCUT2D eigenvalue weighted by Gasteiger charge is -2.32. The predicted molar refractivity (Wildman–Crippen MR) is 111 cm³/mol. The first-order valence-electron chi connectivity index (χ1n) is 9.88. The predicted octanol–water partition coefficient (Wildman–Crippen LogP) is 4.12. The Morgan fingerprint density at radius 2 is 1.82 bits per heavy atom. The molecule has 2 heterocycles. The van der Waals surface area contributed by atoms with Gasteiger partial charge in [-0.25, -0.2) is 0 Å². The highest BCUT2D eigenvalue weighted by Crippen LogP contribution is 2.37. The average molecular weight is 423 g/mol. The van der Waals surface area contributed by atoms with Gasteiger partial charge in [-0.3, -0.25) is 19.3 Å². The highest BCUT2D eigenvalue weighted by molar-refractivity contribution is 7.16. The van der Waals surface area contributed by atoms with Crippen molar-refractivity contribution in [1.82, 2.24) is 9.80 Å². The molecular weight excluding hydrogens is 396 g/mol. The van der Waals surface area contributed by atoms with Crippen LogP contribution in [0.2, 0.25) is 4.34 Å². The average Bonchev–Trinajstić information content (AvgIpc) is 3.19. The molecule has 1 aromatic rings. The van der Waals surface area contributed by atoms with Crippen molar-refractivity contribution in [3.63, 3.8) is 0 Å². The van der Waals surface area contributed by atoms with Crippen LogP contribution in [0.4, 0.5) is 0 Å². The Morgan fingerprint density at radius 1 is 1.21 bits per heavy atom. The van der Waals surface area contributed by atoms with Crippen molar-refractivity contribution >= 4 is 40.7 Å². The van der Waals surface area contributed by atoms with Gasteiger partial charge in [-0.1, -0.05) is 37.6 Å². The fourth-order valence-electron chi connectivity index (χ4n) is 4.08. The van der Waals surface area contributed by atoms with E-state index in [0.29, 0.717) is 36.7 Å². The third kappa shape index (κ3) is 4.18. The Bertz CT molecular complexity index is 762. The molecule has 28 heavy (non-hydrogen) atoms. The fourth-order valence-corrected chi connectivity index (χ4v) is 5.18. The third-order valence-electron chi connectivity index (χ3n) is 5.50. The van der Waals surface area contributed by atoms with Gasteiger partial charge in [0.25, 0.3) is 0 Å². The molecule has 1 aromatic heterocycles. The van der Waals surface area contributed by atoms with Crippen LogP contribution in [0.3, 0.4) is 0 Å². The van der Waals surface area contributed by atoms with Crippen molar-refractivity contribution in [2.24, 2.45) is 17.8 Å². The minimum absolute atomic E-state index is 0.158. The molecule has 3 atom stereocenters. The van der Waals surface area contributed by atoms with Crippen molar-refractivity contribution in [2.75, 3.05) is 6.54 Å². The van der Waals surface area contributed by atoms with E-state index in [1.165, 1.54) is 16.2 Å². The van der Waals surface area contributed by atoms with Crippen molar-refractivity contribution in [3.8, 4) is 0 Å². The lowest BCUT2D eigenvalue weighted by Crippen LogP contribution is -2.51. The number of carbonyl (C=O) groups is 3. The maximum absolute atomic E-state index is 13.4. The maximum atomic E-state index is 13.4. The summed E-state index contributed by atoms with van der Waals surface area (Å²) >= 11 is 7.46. The van der Waals surface area contributed by atoms with Crippen LogP contribution in [0.25, 0.3) is 0 Å². The van der Waals surface area contributed by atoms with E-state index >= 15 is 0 Å². The van der Waals surface area contributed by atoms with Crippen LogP contribution in [0.15, 0.2) is 24.3 Å². The van der Waals surface area contributed by atoms with Gasteiger partial charge in [-0.15, -0.1) is 11.3 Å². The molecule has 3 rings (SSSR count). The van der Waals surface area contributed by atoms with Crippen molar-refractivity contribution in [1.29, 1.82) is 0 Å². The van der Waals surface area contributed by atoms with Crippen LogP contribution in [0, 0.1) is 17.8 Å². The van der Waals surface area contributed by atoms with Gasteiger partial charge >= 0.3 is 0 Å². The Hall–Kier alpha value is -1.66. The second-order valence-electron chi connectivity index (χ2n) is 7.91. The summed E-state index contributed by atoms with van der Waals surface area (Å²) in [4.78, 5) is 43.5. The Labute approximate surface area is 175 Å². The van der Waals surface area contributed by atoms with Gasteiger partial charge in [0.15, 0.2) is 0 Å². The molecule has 3 amide bonds. The van der Waals surface area contributed by atoms with E-state index in [0.717, 1.165) is 4.88 Å². The topological polar surface area (TPSA) is 57.7 Å².